The molecular formula is C7H6O3. The summed E-state index contributed by atoms with van der Waals surface area (Å²) in [6.45, 7) is 0. The van der Waals surface area contributed by atoms with E-state index in [1.807, 2.05) is 0 Å². The van der Waals surface area contributed by atoms with E-state index in [1.165, 1.54) is 12.2 Å². The second-order valence-corrected chi connectivity index (χ2v) is 2.43. The van der Waals surface area contributed by atoms with Crippen LogP contribution in [0.25, 0.3) is 0 Å². The number of hydrogen-bond acceptors (Lipinski definition) is 3. The highest BCUT2D eigenvalue weighted by Gasteiger charge is 2.55. The van der Waals surface area contributed by atoms with Crippen LogP contribution in [0, 0.1) is 0 Å². The van der Waals surface area contributed by atoms with E-state index in [-0.39, 0.29) is 11.9 Å². The first-order valence-electron chi connectivity index (χ1n) is 3.01. The zero-order chi connectivity index (χ0) is 7.19. The van der Waals surface area contributed by atoms with Gasteiger partial charge in [-0.2, -0.15) is 0 Å². The number of carbonyl (C=O) groups is 1. The van der Waals surface area contributed by atoms with Crippen molar-refractivity contribution in [1.82, 2.24) is 0 Å². The Bertz CT molecular complexity index is 241. The minimum atomic E-state index is -0.730. The standard InChI is InChI=1S/C7H6O3/c8-4-7-2-1-5(9)3-6(7)10-7/h1-4,6,9H. The van der Waals surface area contributed by atoms with Gasteiger partial charge in [-0.15, -0.1) is 0 Å². The smallest absolute Gasteiger partial charge is 0.172 e. The van der Waals surface area contributed by atoms with Gasteiger partial charge in [-0.1, -0.05) is 0 Å². The number of aliphatic hydroxyl groups excluding tert-OH is 1. The second-order valence-electron chi connectivity index (χ2n) is 2.43. The van der Waals surface area contributed by atoms with E-state index in [9.17, 15) is 4.79 Å². The van der Waals surface area contributed by atoms with Gasteiger partial charge in [-0.25, -0.2) is 0 Å². The first-order valence-corrected chi connectivity index (χ1v) is 3.01. The summed E-state index contributed by atoms with van der Waals surface area (Å²) >= 11 is 0. The Labute approximate surface area is 57.6 Å². The number of hydrogen-bond donors (Lipinski definition) is 1. The van der Waals surface area contributed by atoms with E-state index >= 15 is 0 Å². The van der Waals surface area contributed by atoms with Gasteiger partial charge in [-0.05, 0) is 18.2 Å². The maximum atomic E-state index is 10.3. The van der Waals surface area contributed by atoms with Gasteiger partial charge in [0.1, 0.15) is 11.9 Å². The first kappa shape index (κ1) is 5.68. The van der Waals surface area contributed by atoms with Crippen LogP contribution in [0.1, 0.15) is 0 Å². The SMILES string of the molecule is O=CC12C=CC(O)=CC1O2. The molecule has 3 heteroatoms. The van der Waals surface area contributed by atoms with Crippen LogP contribution in [0.3, 0.4) is 0 Å². The van der Waals surface area contributed by atoms with Crippen LogP contribution in [0.2, 0.25) is 0 Å². The molecule has 0 radical (unpaired) electrons. The molecule has 2 aliphatic rings. The quantitative estimate of drug-likeness (QED) is 0.419. The van der Waals surface area contributed by atoms with Crippen molar-refractivity contribution in [2.75, 3.05) is 0 Å². The third-order valence-corrected chi connectivity index (χ3v) is 1.74. The van der Waals surface area contributed by atoms with Crippen molar-refractivity contribution in [1.29, 1.82) is 0 Å². The summed E-state index contributed by atoms with van der Waals surface area (Å²) in [6.07, 6.45) is 5.08. The zero-order valence-corrected chi connectivity index (χ0v) is 5.15. The molecule has 3 nitrogen and oxygen atoms in total. The fourth-order valence-electron chi connectivity index (χ4n) is 1.04. The highest BCUT2D eigenvalue weighted by molar-refractivity contribution is 5.74. The number of allylic oxidation sites excluding steroid dienone is 1. The van der Waals surface area contributed by atoms with Crippen molar-refractivity contribution in [3.63, 3.8) is 0 Å². The minimum Gasteiger partial charge on any atom is -0.508 e. The molecule has 2 unspecified atom stereocenters. The molecule has 52 valence electrons. The van der Waals surface area contributed by atoms with E-state index in [2.05, 4.69) is 0 Å². The lowest BCUT2D eigenvalue weighted by Crippen LogP contribution is -2.14. The molecule has 0 aromatic heterocycles. The third kappa shape index (κ3) is 0.552. The van der Waals surface area contributed by atoms with Gasteiger partial charge in [0, 0.05) is 0 Å². The number of fused-ring (bicyclic) bond motifs is 1. The summed E-state index contributed by atoms with van der Waals surface area (Å²) in [5.41, 5.74) is -0.730. The van der Waals surface area contributed by atoms with Crippen molar-refractivity contribution in [2.45, 2.75) is 11.7 Å². The van der Waals surface area contributed by atoms with Crippen LogP contribution in [0.4, 0.5) is 0 Å². The van der Waals surface area contributed by atoms with Crippen LogP contribution in [0.5, 0.6) is 0 Å². The summed E-state index contributed by atoms with van der Waals surface area (Å²) in [4.78, 5) is 10.3. The van der Waals surface area contributed by atoms with Gasteiger partial charge in [-0.3, -0.25) is 4.79 Å². The Morgan fingerprint density at radius 1 is 1.80 bits per heavy atom. The lowest BCUT2D eigenvalue weighted by molar-refractivity contribution is -0.110. The number of aldehydes is 1. The van der Waals surface area contributed by atoms with E-state index in [0.29, 0.717) is 0 Å². The lowest BCUT2D eigenvalue weighted by Gasteiger charge is -1.99. The highest BCUT2D eigenvalue weighted by Crippen LogP contribution is 2.40. The Morgan fingerprint density at radius 3 is 3.20 bits per heavy atom. The van der Waals surface area contributed by atoms with Crippen LogP contribution >= 0.6 is 0 Å². The molecule has 0 saturated carbocycles. The van der Waals surface area contributed by atoms with Crippen molar-refractivity contribution in [3.8, 4) is 0 Å². The molecular weight excluding hydrogens is 132 g/mol. The topological polar surface area (TPSA) is 49.8 Å². The van der Waals surface area contributed by atoms with Crippen molar-refractivity contribution >= 4 is 6.29 Å². The Kier molecular flexibility index (Phi) is 0.847. The fourth-order valence-corrected chi connectivity index (χ4v) is 1.04. The molecule has 1 heterocycles. The molecule has 1 fully saturated rings. The van der Waals surface area contributed by atoms with Gasteiger partial charge >= 0.3 is 0 Å². The molecule has 0 aromatic rings. The highest BCUT2D eigenvalue weighted by atomic mass is 16.6. The average molecular weight is 138 g/mol. The molecule has 10 heavy (non-hydrogen) atoms. The predicted octanol–water partition coefficient (Wildman–Crippen LogP) is 0.335. The van der Waals surface area contributed by atoms with Gasteiger partial charge in [0.05, 0.1) is 0 Å². The van der Waals surface area contributed by atoms with Crippen LogP contribution in [-0.2, 0) is 9.53 Å². The number of rotatable bonds is 1. The molecule has 2 atom stereocenters. The second kappa shape index (κ2) is 1.49. The van der Waals surface area contributed by atoms with E-state index < -0.39 is 5.60 Å². The van der Waals surface area contributed by atoms with Crippen molar-refractivity contribution in [3.05, 3.63) is 24.0 Å². The summed E-state index contributed by atoms with van der Waals surface area (Å²) in [7, 11) is 0. The maximum absolute atomic E-state index is 10.3. The Morgan fingerprint density at radius 2 is 2.60 bits per heavy atom. The molecule has 0 bridgehead atoms. The fraction of sp³-hybridized carbons (Fsp3) is 0.286. The molecule has 1 aliphatic heterocycles. The lowest BCUT2D eigenvalue weighted by atomic mass is 10.0. The summed E-state index contributed by atoms with van der Waals surface area (Å²) < 4.78 is 4.99. The zero-order valence-electron chi connectivity index (χ0n) is 5.15. The van der Waals surface area contributed by atoms with E-state index in [4.69, 9.17) is 9.84 Å². The van der Waals surface area contributed by atoms with Gasteiger partial charge < -0.3 is 9.84 Å². The summed E-state index contributed by atoms with van der Waals surface area (Å²) in [5.74, 6) is 0.167. The summed E-state index contributed by atoms with van der Waals surface area (Å²) in [6, 6.07) is 0. The number of carbonyl (C=O) groups excluding carboxylic acids is 1. The monoisotopic (exact) mass is 138 g/mol. The maximum Gasteiger partial charge on any atom is 0.172 e. The molecule has 0 aromatic carbocycles. The van der Waals surface area contributed by atoms with Crippen molar-refractivity contribution < 1.29 is 14.6 Å². The van der Waals surface area contributed by atoms with Gasteiger partial charge in [0.25, 0.3) is 0 Å². The average Bonchev–Trinajstić information content (AvgIpc) is 2.62. The Balaban J connectivity index is 2.30. The molecule has 1 aliphatic carbocycles. The molecule has 2 rings (SSSR count). The van der Waals surface area contributed by atoms with Gasteiger partial charge in [0.2, 0.25) is 0 Å². The van der Waals surface area contributed by atoms with Crippen LogP contribution in [-0.4, -0.2) is 23.1 Å². The molecule has 0 amide bonds. The van der Waals surface area contributed by atoms with E-state index in [1.54, 1.807) is 6.08 Å². The molecule has 1 saturated heterocycles. The third-order valence-electron chi connectivity index (χ3n) is 1.74. The first-order chi connectivity index (χ1) is 4.77. The molecule has 1 N–H and O–H groups in total. The van der Waals surface area contributed by atoms with Crippen LogP contribution in [0.15, 0.2) is 24.0 Å². The van der Waals surface area contributed by atoms with Crippen LogP contribution < -0.4 is 0 Å². The number of ether oxygens (including phenoxy) is 1. The predicted molar refractivity (Wildman–Crippen MR) is 33.5 cm³/mol. The largest absolute Gasteiger partial charge is 0.508 e. The minimum absolute atomic E-state index is 0.167. The normalized spacial score (nSPS) is 42.0. The molecule has 0 spiro atoms. The number of epoxide rings is 1. The number of aliphatic hydroxyl groups is 1. The van der Waals surface area contributed by atoms with E-state index in [0.717, 1.165) is 6.29 Å². The van der Waals surface area contributed by atoms with Crippen molar-refractivity contribution in [2.24, 2.45) is 0 Å². The summed E-state index contributed by atoms with van der Waals surface area (Å²) in [5, 5.41) is 8.89. The Hall–Kier alpha value is -1.09. The van der Waals surface area contributed by atoms with Gasteiger partial charge in [0.15, 0.2) is 11.9 Å².